The van der Waals surface area contributed by atoms with E-state index < -0.39 is 35.6 Å². The van der Waals surface area contributed by atoms with Crippen LogP contribution in [0.3, 0.4) is 0 Å². The van der Waals surface area contributed by atoms with Crippen molar-refractivity contribution in [3.63, 3.8) is 0 Å². The Balaban J connectivity index is 1.02. The van der Waals surface area contributed by atoms with E-state index in [2.05, 4.69) is 26.6 Å². The molecule has 4 heterocycles. The van der Waals surface area contributed by atoms with Crippen LogP contribution >= 0.6 is 11.6 Å². The van der Waals surface area contributed by atoms with Gasteiger partial charge in [0.15, 0.2) is 0 Å². The molecule has 2 aromatic carbocycles. The van der Waals surface area contributed by atoms with E-state index in [1.807, 2.05) is 36.4 Å². The lowest BCUT2D eigenvalue weighted by molar-refractivity contribution is -0.144. The van der Waals surface area contributed by atoms with Crippen molar-refractivity contribution in [2.24, 2.45) is 11.8 Å². The topological polar surface area (TPSA) is 122 Å². The fraction of sp³-hybridized carbons (Fsp3) is 0.489. The number of benzene rings is 2. The maximum atomic E-state index is 14.8. The third-order valence-corrected chi connectivity index (χ3v) is 13.3. The predicted octanol–water partition coefficient (Wildman–Crippen LogP) is 8.60. The first kappa shape index (κ1) is 41.2. The number of rotatable bonds is 13. The van der Waals surface area contributed by atoms with E-state index in [-0.39, 0.29) is 36.3 Å². The van der Waals surface area contributed by atoms with Crippen molar-refractivity contribution in [3.05, 3.63) is 87.0 Å². The Bertz CT molecular complexity index is 2180. The molecule has 9 rings (SSSR count). The Morgan fingerprint density at radius 2 is 1.78 bits per heavy atom. The van der Waals surface area contributed by atoms with Crippen LogP contribution in [0.1, 0.15) is 86.5 Å². The van der Waals surface area contributed by atoms with Crippen molar-refractivity contribution in [1.82, 2.24) is 20.5 Å². The van der Waals surface area contributed by atoms with Gasteiger partial charge in [0.25, 0.3) is 0 Å². The summed E-state index contributed by atoms with van der Waals surface area (Å²) in [5, 5.41) is 16.8. The number of allylic oxidation sites excluding steroid dienone is 2. The zero-order chi connectivity index (χ0) is 41.4. The fourth-order valence-corrected chi connectivity index (χ4v) is 10.3. The minimum Gasteiger partial charge on any atom is -0.496 e. The van der Waals surface area contributed by atoms with Crippen molar-refractivity contribution < 1.29 is 42.1 Å². The number of carboxylic acid groups (broad SMARTS) is 1. The summed E-state index contributed by atoms with van der Waals surface area (Å²) in [5.41, 5.74) is 5.88. The van der Waals surface area contributed by atoms with Gasteiger partial charge in [0.05, 0.1) is 25.2 Å². The second-order valence-electron chi connectivity index (χ2n) is 16.4. The zero-order valence-corrected chi connectivity index (χ0v) is 34.1. The van der Waals surface area contributed by atoms with E-state index in [9.17, 15) is 27.9 Å². The van der Waals surface area contributed by atoms with E-state index in [1.165, 1.54) is 7.11 Å². The highest BCUT2D eigenvalue weighted by molar-refractivity contribution is 6.35. The van der Waals surface area contributed by atoms with Gasteiger partial charge in [0, 0.05) is 61.4 Å². The van der Waals surface area contributed by atoms with E-state index in [1.54, 1.807) is 7.11 Å². The highest BCUT2D eigenvalue weighted by Crippen LogP contribution is 2.48. The Hall–Kier alpha value is -4.59. The predicted molar refractivity (Wildman–Crippen MR) is 217 cm³/mol. The van der Waals surface area contributed by atoms with Crippen LogP contribution in [0.2, 0.25) is 5.02 Å². The molecule has 5 fully saturated rings. The van der Waals surface area contributed by atoms with Crippen molar-refractivity contribution >= 4 is 29.1 Å². The molecule has 10 nitrogen and oxygen atoms in total. The molecule has 3 aliphatic carbocycles. The molecule has 1 aromatic heterocycles. The molecule has 0 radical (unpaired) electrons. The molecule has 314 valence electrons. The highest BCUT2D eigenvalue weighted by Gasteiger charge is 2.42. The molecule has 3 N–H and O–H groups in total. The van der Waals surface area contributed by atoms with Gasteiger partial charge in [-0.3, -0.25) is 14.5 Å². The monoisotopic (exact) mass is 834 g/mol. The largest absolute Gasteiger partial charge is 0.496 e. The second-order valence-corrected chi connectivity index (χ2v) is 16.8. The molecule has 59 heavy (non-hydrogen) atoms. The minimum absolute atomic E-state index is 0.0477. The molecule has 2 saturated carbocycles. The van der Waals surface area contributed by atoms with Crippen molar-refractivity contribution in [2.75, 3.05) is 27.3 Å². The number of alkyl halides is 3. The molecule has 6 aliphatic rings. The van der Waals surface area contributed by atoms with Crippen LogP contribution in [0.5, 0.6) is 17.5 Å². The van der Waals surface area contributed by atoms with Gasteiger partial charge >= 0.3 is 12.1 Å². The molecule has 14 heteroatoms. The lowest BCUT2D eigenvalue weighted by Gasteiger charge is -2.37. The SMILES string of the molecule is COc1cc(-c2cccc(C3=C4CC[C@H](Oc5nc(OC)c(CN6CC7CCC6CCC7C(=O)O)cc5C(F)(F)F)C4=CCC3)c2Cl)ccc1CNC[C@@H]1CCC(=O)N1. The van der Waals surface area contributed by atoms with Crippen molar-refractivity contribution in [3.8, 4) is 28.6 Å². The molecular formula is C45H50ClF3N4O6. The number of piperidine rings is 1. The molecule has 3 aliphatic heterocycles. The summed E-state index contributed by atoms with van der Waals surface area (Å²) in [5.74, 6) is -0.943. The fourth-order valence-electron chi connectivity index (χ4n) is 9.92. The molecule has 0 spiro atoms. The third-order valence-electron chi connectivity index (χ3n) is 12.9. The van der Waals surface area contributed by atoms with Gasteiger partial charge in [0.2, 0.25) is 17.7 Å². The summed E-state index contributed by atoms with van der Waals surface area (Å²) in [6, 6.07) is 13.2. The van der Waals surface area contributed by atoms with Gasteiger partial charge in [-0.15, -0.1) is 0 Å². The average molecular weight is 835 g/mol. The number of carboxylic acids is 1. The first-order valence-electron chi connectivity index (χ1n) is 20.6. The molecule has 2 bridgehead atoms. The van der Waals surface area contributed by atoms with Gasteiger partial charge in [0.1, 0.15) is 17.4 Å². The Morgan fingerprint density at radius 1 is 0.966 bits per heavy atom. The maximum absolute atomic E-state index is 14.8. The summed E-state index contributed by atoms with van der Waals surface area (Å²) >= 11 is 7.23. The third kappa shape index (κ3) is 8.56. The number of carbonyl (C=O) groups is 2. The molecule has 1 amide bonds. The summed E-state index contributed by atoms with van der Waals surface area (Å²) in [4.78, 5) is 30.0. The first-order chi connectivity index (χ1) is 28.4. The smallest absolute Gasteiger partial charge is 0.421 e. The molecule has 3 unspecified atom stereocenters. The van der Waals surface area contributed by atoms with Crippen LogP contribution in [-0.2, 0) is 28.9 Å². The number of nitrogens with one attached hydrogen (secondary N) is 2. The van der Waals surface area contributed by atoms with Crippen LogP contribution in [0, 0.1) is 11.8 Å². The number of halogens is 4. The molecule has 3 saturated heterocycles. The van der Waals surface area contributed by atoms with E-state index in [0.717, 1.165) is 70.7 Å². The van der Waals surface area contributed by atoms with Crippen LogP contribution < -0.4 is 24.8 Å². The Labute approximate surface area is 347 Å². The van der Waals surface area contributed by atoms with Crippen LogP contribution in [0.25, 0.3) is 16.7 Å². The number of nitrogens with zero attached hydrogens (tertiary/aromatic N) is 2. The second kappa shape index (κ2) is 17.2. The number of amides is 1. The van der Waals surface area contributed by atoms with Crippen LogP contribution in [-0.4, -0.2) is 72.4 Å². The number of pyridine rings is 1. The zero-order valence-electron chi connectivity index (χ0n) is 33.3. The molecule has 5 atom stereocenters. The summed E-state index contributed by atoms with van der Waals surface area (Å²) < 4.78 is 62.0. The van der Waals surface area contributed by atoms with Gasteiger partial charge in [-0.1, -0.05) is 48.0 Å². The number of ether oxygens (including phenoxy) is 3. The summed E-state index contributed by atoms with van der Waals surface area (Å²) in [6.07, 6.45) is 3.41. The number of fused-ring (bicyclic) bond motifs is 5. The Morgan fingerprint density at radius 3 is 2.53 bits per heavy atom. The number of hydrogen-bond acceptors (Lipinski definition) is 8. The minimum atomic E-state index is -4.74. The van der Waals surface area contributed by atoms with Crippen LogP contribution in [0.4, 0.5) is 13.2 Å². The van der Waals surface area contributed by atoms with E-state index >= 15 is 0 Å². The standard InChI is InChI=1S/C45H50ClF3N4O6/c1-57-39-20-25(9-10-26(39)21-50-22-29-12-18-40(54)51-29)31-5-3-8-36(41(31)46)33-6-4-7-35-34(33)16-17-38(35)59-43-37(45(47,48)49)19-28(42(52-43)58-2)24-53-23-27-11-13-30(53)14-15-32(27)44(55)56/h3,5,7-10,19-20,27,29-30,32,38,50H,4,6,11-18,21-24H2,1-2H3,(H,51,54)(H,55,56)/t27?,29-,30?,32?,38-/m0/s1. The number of aliphatic carboxylic acids is 1. The quantitative estimate of drug-likeness (QED) is 0.156. The first-order valence-corrected chi connectivity index (χ1v) is 21.0. The lowest BCUT2D eigenvalue weighted by atomic mass is 9.86. The average Bonchev–Trinajstić information content (AvgIpc) is 3.71. The van der Waals surface area contributed by atoms with Gasteiger partial charge in [-0.25, -0.2) is 0 Å². The van der Waals surface area contributed by atoms with Crippen molar-refractivity contribution in [1.29, 1.82) is 0 Å². The number of hydrogen-bond donors (Lipinski definition) is 3. The highest BCUT2D eigenvalue weighted by atomic mass is 35.5. The number of aromatic nitrogens is 1. The van der Waals surface area contributed by atoms with Gasteiger partial charge in [-0.2, -0.15) is 18.2 Å². The molecular weight excluding hydrogens is 785 g/mol. The molecule has 3 aromatic rings. The number of carbonyl (C=O) groups excluding carboxylic acids is 1. The lowest BCUT2D eigenvalue weighted by Crippen LogP contribution is -2.42. The normalized spacial score (nSPS) is 24.4. The Kier molecular flexibility index (Phi) is 12.0. The number of methoxy groups -OCH3 is 2. The van der Waals surface area contributed by atoms with Gasteiger partial charge in [-0.05, 0) is 104 Å². The maximum Gasteiger partial charge on any atom is 0.421 e. The summed E-state index contributed by atoms with van der Waals surface area (Å²) in [7, 11) is 3.03. The van der Waals surface area contributed by atoms with Gasteiger partial charge < -0.3 is 30.0 Å². The van der Waals surface area contributed by atoms with E-state index in [0.29, 0.717) is 74.5 Å². The summed E-state index contributed by atoms with van der Waals surface area (Å²) in [6.45, 7) is 1.93. The van der Waals surface area contributed by atoms with E-state index in [4.69, 9.17) is 25.8 Å². The van der Waals surface area contributed by atoms with Crippen molar-refractivity contribution in [2.45, 2.75) is 102 Å². The van der Waals surface area contributed by atoms with Crippen LogP contribution in [0.15, 0.2) is 59.7 Å².